The predicted molar refractivity (Wildman–Crippen MR) is 75.5 cm³/mol. The number of ether oxygens (including phenoxy) is 1. The van der Waals surface area contributed by atoms with Crippen molar-refractivity contribution in [2.75, 3.05) is 5.32 Å². The van der Waals surface area contributed by atoms with Gasteiger partial charge in [-0.15, -0.1) is 0 Å². The van der Waals surface area contributed by atoms with Crippen molar-refractivity contribution in [3.8, 4) is 0 Å². The molecule has 0 unspecified atom stereocenters. The topological polar surface area (TPSA) is 55.4 Å². The Labute approximate surface area is 126 Å². The van der Waals surface area contributed by atoms with Crippen molar-refractivity contribution >= 4 is 17.6 Å². The summed E-state index contributed by atoms with van der Waals surface area (Å²) >= 11 is 0. The molecule has 122 valence electrons. The molecule has 1 aromatic rings. The van der Waals surface area contributed by atoms with E-state index >= 15 is 0 Å². The molecule has 1 atom stereocenters. The van der Waals surface area contributed by atoms with Crippen LogP contribution >= 0.6 is 0 Å². The average Bonchev–Trinajstić information content (AvgIpc) is 2.36. The monoisotopic (exact) mass is 317 g/mol. The number of hydrogen-bond acceptors (Lipinski definition) is 3. The maximum absolute atomic E-state index is 12.4. The third-order valence-corrected chi connectivity index (χ3v) is 2.85. The summed E-state index contributed by atoms with van der Waals surface area (Å²) in [5, 5.41) is 2.30. The van der Waals surface area contributed by atoms with Crippen molar-refractivity contribution in [3.05, 3.63) is 29.8 Å². The van der Waals surface area contributed by atoms with Gasteiger partial charge in [0, 0.05) is 5.69 Å². The zero-order valence-corrected chi connectivity index (χ0v) is 12.5. The first-order chi connectivity index (χ1) is 10.1. The molecule has 4 nitrogen and oxygen atoms in total. The first-order valence-corrected chi connectivity index (χ1v) is 6.75. The summed E-state index contributed by atoms with van der Waals surface area (Å²) in [6, 6.07) is 3.95. The van der Waals surface area contributed by atoms with Gasteiger partial charge in [-0.05, 0) is 43.5 Å². The van der Waals surface area contributed by atoms with Gasteiger partial charge >= 0.3 is 12.3 Å². The third kappa shape index (κ3) is 5.75. The minimum Gasteiger partial charge on any atom is -0.438 e. The van der Waals surface area contributed by atoms with Crippen molar-refractivity contribution in [3.63, 3.8) is 0 Å². The van der Waals surface area contributed by atoms with Crippen molar-refractivity contribution < 1.29 is 27.5 Å². The molecule has 0 aliphatic carbocycles. The van der Waals surface area contributed by atoms with Gasteiger partial charge in [0.15, 0.2) is 11.9 Å². The molecule has 1 N–H and O–H groups in total. The van der Waals surface area contributed by atoms with Crippen LogP contribution in [0.4, 0.5) is 23.7 Å². The molecule has 0 radical (unpaired) electrons. The number of anilines is 1. The number of hydrogen-bond donors (Lipinski definition) is 1. The molecule has 0 saturated heterocycles. The summed E-state index contributed by atoms with van der Waals surface area (Å²) in [6.45, 7) is 5.08. The van der Waals surface area contributed by atoms with Gasteiger partial charge in [0.25, 0.3) is 0 Å². The van der Waals surface area contributed by atoms with E-state index in [1.54, 1.807) is 0 Å². The van der Waals surface area contributed by atoms with Crippen LogP contribution < -0.4 is 5.32 Å². The summed E-state index contributed by atoms with van der Waals surface area (Å²) in [5.74, 6) is -0.121. The molecule has 0 saturated carbocycles. The van der Waals surface area contributed by atoms with E-state index in [1.807, 2.05) is 13.8 Å². The summed E-state index contributed by atoms with van der Waals surface area (Å²) in [5.41, 5.74) is -0.655. The number of benzene rings is 1. The lowest BCUT2D eigenvalue weighted by atomic mass is 10.0. The first kappa shape index (κ1) is 18.0. The van der Waals surface area contributed by atoms with Crippen molar-refractivity contribution in [1.29, 1.82) is 0 Å². The smallest absolute Gasteiger partial charge is 0.416 e. The molecule has 22 heavy (non-hydrogen) atoms. The SMILES string of the molecule is CC(=O)[C@H](CC(C)C)OC(=O)Nc1ccc(C(F)(F)F)cc1. The number of halogens is 3. The van der Waals surface area contributed by atoms with Crippen LogP contribution in [0.3, 0.4) is 0 Å². The Morgan fingerprint density at radius 3 is 2.14 bits per heavy atom. The summed E-state index contributed by atoms with van der Waals surface area (Å²) in [7, 11) is 0. The fourth-order valence-electron chi connectivity index (χ4n) is 1.74. The molecule has 0 heterocycles. The highest BCUT2D eigenvalue weighted by atomic mass is 19.4. The van der Waals surface area contributed by atoms with Crippen LogP contribution in [0.25, 0.3) is 0 Å². The van der Waals surface area contributed by atoms with E-state index in [9.17, 15) is 22.8 Å². The molecule has 0 spiro atoms. The van der Waals surface area contributed by atoms with Crippen LogP contribution in [-0.4, -0.2) is 18.0 Å². The lowest BCUT2D eigenvalue weighted by Gasteiger charge is -2.17. The molecule has 0 fully saturated rings. The number of ketones is 1. The maximum atomic E-state index is 12.4. The van der Waals surface area contributed by atoms with Gasteiger partial charge in [-0.1, -0.05) is 13.8 Å². The predicted octanol–water partition coefficient (Wildman–Crippen LogP) is 4.26. The fourth-order valence-corrected chi connectivity index (χ4v) is 1.74. The molecular formula is C15H18F3NO3. The number of carbonyl (C=O) groups excluding carboxylic acids is 2. The molecule has 0 bridgehead atoms. The third-order valence-electron chi connectivity index (χ3n) is 2.85. The van der Waals surface area contributed by atoms with E-state index in [1.165, 1.54) is 6.92 Å². The van der Waals surface area contributed by atoms with Crippen LogP contribution in [-0.2, 0) is 15.7 Å². The number of carbonyl (C=O) groups is 2. The second-order valence-electron chi connectivity index (χ2n) is 5.33. The number of Topliss-reactive ketones (excluding diaryl/α,β-unsaturated/α-hetero) is 1. The first-order valence-electron chi connectivity index (χ1n) is 6.75. The summed E-state index contributed by atoms with van der Waals surface area (Å²) in [4.78, 5) is 23.1. The van der Waals surface area contributed by atoms with Crippen LogP contribution in [0.2, 0.25) is 0 Å². The fraction of sp³-hybridized carbons (Fsp3) is 0.467. The Bertz CT molecular complexity index is 524. The van der Waals surface area contributed by atoms with Gasteiger partial charge < -0.3 is 4.74 Å². The number of nitrogens with one attached hydrogen (secondary N) is 1. The van der Waals surface area contributed by atoms with Gasteiger partial charge in [-0.2, -0.15) is 13.2 Å². The Morgan fingerprint density at radius 2 is 1.73 bits per heavy atom. The average molecular weight is 317 g/mol. The van der Waals surface area contributed by atoms with E-state index in [-0.39, 0.29) is 17.4 Å². The number of amides is 1. The van der Waals surface area contributed by atoms with Gasteiger partial charge in [-0.3, -0.25) is 10.1 Å². The number of rotatable bonds is 5. The standard InChI is InChI=1S/C15H18F3NO3/c1-9(2)8-13(10(3)20)22-14(21)19-12-6-4-11(5-7-12)15(16,17)18/h4-7,9,13H,8H2,1-3H3,(H,19,21)/t13-/m0/s1. The van der Waals surface area contributed by atoms with Crippen molar-refractivity contribution in [1.82, 2.24) is 0 Å². The van der Waals surface area contributed by atoms with Gasteiger partial charge in [0.2, 0.25) is 0 Å². The number of alkyl halides is 3. The summed E-state index contributed by atoms with van der Waals surface area (Å²) in [6.07, 6.45) is -5.79. The second kappa shape index (κ2) is 7.29. The van der Waals surface area contributed by atoms with Crippen LogP contribution in [0.1, 0.15) is 32.8 Å². The molecule has 1 amide bonds. The molecule has 1 rings (SSSR count). The van der Waals surface area contributed by atoms with E-state index < -0.39 is 23.9 Å². The lowest BCUT2D eigenvalue weighted by Crippen LogP contribution is -2.29. The Kier molecular flexibility index (Phi) is 5.96. The molecular weight excluding hydrogens is 299 g/mol. The Balaban J connectivity index is 2.66. The minimum absolute atomic E-state index is 0.157. The zero-order chi connectivity index (χ0) is 16.9. The van der Waals surface area contributed by atoms with Gasteiger partial charge in [0.05, 0.1) is 5.56 Å². The van der Waals surface area contributed by atoms with Crippen LogP contribution in [0, 0.1) is 5.92 Å². The molecule has 0 aliphatic heterocycles. The second-order valence-corrected chi connectivity index (χ2v) is 5.33. The molecule has 7 heteroatoms. The Hall–Kier alpha value is -2.05. The van der Waals surface area contributed by atoms with Crippen LogP contribution in [0.5, 0.6) is 0 Å². The van der Waals surface area contributed by atoms with Gasteiger partial charge in [0.1, 0.15) is 0 Å². The van der Waals surface area contributed by atoms with Crippen LogP contribution in [0.15, 0.2) is 24.3 Å². The largest absolute Gasteiger partial charge is 0.438 e. The quantitative estimate of drug-likeness (QED) is 0.883. The maximum Gasteiger partial charge on any atom is 0.416 e. The minimum atomic E-state index is -4.43. The van der Waals surface area contributed by atoms with E-state index in [4.69, 9.17) is 4.74 Å². The van der Waals surface area contributed by atoms with Crippen molar-refractivity contribution in [2.24, 2.45) is 5.92 Å². The van der Waals surface area contributed by atoms with Crippen molar-refractivity contribution in [2.45, 2.75) is 39.5 Å². The molecule has 0 aliphatic rings. The zero-order valence-electron chi connectivity index (χ0n) is 12.5. The highest BCUT2D eigenvalue weighted by Gasteiger charge is 2.30. The Morgan fingerprint density at radius 1 is 1.18 bits per heavy atom. The van der Waals surface area contributed by atoms with E-state index in [0.717, 1.165) is 24.3 Å². The lowest BCUT2D eigenvalue weighted by molar-refractivity contribution is -0.137. The summed E-state index contributed by atoms with van der Waals surface area (Å²) < 4.78 is 42.2. The van der Waals surface area contributed by atoms with Gasteiger partial charge in [-0.25, -0.2) is 4.79 Å². The highest BCUT2D eigenvalue weighted by molar-refractivity contribution is 5.88. The highest BCUT2D eigenvalue weighted by Crippen LogP contribution is 2.29. The normalized spacial score (nSPS) is 12.9. The van der Waals surface area contributed by atoms with E-state index in [0.29, 0.717) is 6.42 Å². The molecule has 1 aromatic carbocycles. The van der Waals surface area contributed by atoms with E-state index in [2.05, 4.69) is 5.32 Å². The molecule has 0 aromatic heterocycles.